The summed E-state index contributed by atoms with van der Waals surface area (Å²) in [5.74, 6) is -0.400. The van der Waals surface area contributed by atoms with E-state index in [4.69, 9.17) is 28.6 Å². The van der Waals surface area contributed by atoms with Crippen LogP contribution in [0.3, 0.4) is 0 Å². The summed E-state index contributed by atoms with van der Waals surface area (Å²) in [5.41, 5.74) is 3.67. The van der Waals surface area contributed by atoms with Crippen LogP contribution in [0.2, 0.25) is 10.0 Å². The van der Waals surface area contributed by atoms with Crippen molar-refractivity contribution in [2.75, 3.05) is 0 Å². The molecular formula is C25H22Cl2N4O2S. The minimum Gasteiger partial charge on any atom is -0.267 e. The van der Waals surface area contributed by atoms with Crippen LogP contribution in [0.1, 0.15) is 29.2 Å². The van der Waals surface area contributed by atoms with Crippen molar-refractivity contribution in [1.29, 1.82) is 5.41 Å². The van der Waals surface area contributed by atoms with Gasteiger partial charge in [-0.15, -0.1) is 6.58 Å². The second-order valence-electron chi connectivity index (χ2n) is 7.69. The molecule has 1 heterocycles. The first-order chi connectivity index (χ1) is 16.3. The second kappa shape index (κ2) is 10.0. The van der Waals surface area contributed by atoms with Crippen LogP contribution in [0, 0.1) is 5.41 Å². The summed E-state index contributed by atoms with van der Waals surface area (Å²) in [6.45, 7) is 3.66. The van der Waals surface area contributed by atoms with Crippen LogP contribution in [0.25, 0.3) is 16.8 Å². The van der Waals surface area contributed by atoms with Gasteiger partial charge in [0.25, 0.3) is 0 Å². The highest BCUT2D eigenvalue weighted by Crippen LogP contribution is 2.31. The maximum absolute atomic E-state index is 13.1. The number of nitrogens with zero attached hydrogens (tertiary/aromatic N) is 2. The summed E-state index contributed by atoms with van der Waals surface area (Å²) in [7, 11) is -4.03. The Labute approximate surface area is 208 Å². The predicted molar refractivity (Wildman–Crippen MR) is 139 cm³/mol. The first-order valence-electron chi connectivity index (χ1n) is 10.5. The van der Waals surface area contributed by atoms with Gasteiger partial charge in [-0.05, 0) is 48.2 Å². The van der Waals surface area contributed by atoms with E-state index in [0.29, 0.717) is 21.3 Å². The number of sulfonamides is 1. The average molecular weight is 513 g/mol. The first-order valence-corrected chi connectivity index (χ1v) is 12.8. The third kappa shape index (κ3) is 5.17. The van der Waals surface area contributed by atoms with E-state index in [1.165, 1.54) is 10.8 Å². The molecule has 2 N–H and O–H groups in total. The molecule has 0 fully saturated rings. The van der Waals surface area contributed by atoms with Crippen molar-refractivity contribution in [2.24, 2.45) is 0 Å². The first kappa shape index (κ1) is 24.0. The molecule has 1 aliphatic rings. The summed E-state index contributed by atoms with van der Waals surface area (Å²) in [6.07, 6.45) is 11.0. The van der Waals surface area contributed by atoms with Gasteiger partial charge in [0, 0.05) is 27.4 Å². The molecule has 174 valence electrons. The van der Waals surface area contributed by atoms with E-state index in [1.54, 1.807) is 42.6 Å². The summed E-state index contributed by atoms with van der Waals surface area (Å²) >= 11 is 12.0. The Bertz CT molecular complexity index is 1390. The number of halogens is 2. The Hall–Kier alpha value is -3.13. The van der Waals surface area contributed by atoms with Crippen LogP contribution < -0.4 is 4.72 Å². The van der Waals surface area contributed by atoms with Crippen molar-refractivity contribution in [2.45, 2.75) is 18.1 Å². The van der Waals surface area contributed by atoms with Crippen LogP contribution in [0.15, 0.2) is 85.6 Å². The molecule has 4 rings (SSSR count). The Kier molecular flexibility index (Phi) is 7.07. The van der Waals surface area contributed by atoms with Crippen molar-refractivity contribution >= 4 is 44.8 Å². The minimum absolute atomic E-state index is 0.400. The molecule has 2 aromatic carbocycles. The number of aromatic nitrogens is 2. The van der Waals surface area contributed by atoms with Gasteiger partial charge in [0.05, 0.1) is 0 Å². The van der Waals surface area contributed by atoms with Gasteiger partial charge in [0.1, 0.15) is 10.9 Å². The molecule has 34 heavy (non-hydrogen) atoms. The molecule has 0 saturated heterocycles. The zero-order valence-electron chi connectivity index (χ0n) is 18.1. The molecule has 6 nitrogen and oxygen atoms in total. The smallest absolute Gasteiger partial charge is 0.245 e. The number of hydrogen-bond acceptors (Lipinski definition) is 4. The van der Waals surface area contributed by atoms with Crippen molar-refractivity contribution in [1.82, 2.24) is 14.5 Å². The van der Waals surface area contributed by atoms with Crippen LogP contribution in [0.5, 0.6) is 0 Å². The van der Waals surface area contributed by atoms with E-state index in [0.717, 1.165) is 29.5 Å². The van der Waals surface area contributed by atoms with Crippen molar-refractivity contribution in [3.05, 3.63) is 107 Å². The molecule has 0 radical (unpaired) electrons. The molecule has 0 saturated carbocycles. The number of hydrogen-bond donors (Lipinski definition) is 2. The molecule has 0 bridgehead atoms. The lowest BCUT2D eigenvalue weighted by atomic mass is 9.97. The second-order valence-corrected chi connectivity index (χ2v) is 10.4. The standard InChI is InChI=1S/C25H22Cl2N4O2S/c1-2-23(18-8-12-20(26)13-9-18)34(32,33)30-25(28)31-16-22(17-6-4-3-5-7-17)24(29-31)19-10-14-21(27)15-11-19/h2,4,6-16,23H,1,3,5H2,(H2,28,30). The number of rotatable bonds is 6. The lowest BCUT2D eigenvalue weighted by Gasteiger charge is -2.16. The zero-order valence-corrected chi connectivity index (χ0v) is 20.4. The molecule has 0 spiro atoms. The molecular weight excluding hydrogens is 491 g/mol. The molecule has 1 atom stereocenters. The highest BCUT2D eigenvalue weighted by molar-refractivity contribution is 7.90. The Morgan fingerprint density at radius 2 is 1.74 bits per heavy atom. The van der Waals surface area contributed by atoms with Crippen LogP contribution in [0.4, 0.5) is 0 Å². The van der Waals surface area contributed by atoms with Gasteiger partial charge in [0.2, 0.25) is 16.0 Å². The molecule has 0 amide bonds. The number of nitrogens with one attached hydrogen (secondary N) is 2. The molecule has 0 aliphatic heterocycles. The third-order valence-electron chi connectivity index (χ3n) is 5.35. The molecule has 9 heteroatoms. The lowest BCUT2D eigenvalue weighted by molar-refractivity contribution is 0.585. The van der Waals surface area contributed by atoms with Gasteiger partial charge < -0.3 is 0 Å². The normalized spacial score (nSPS) is 14.4. The minimum atomic E-state index is -4.03. The Balaban J connectivity index is 1.68. The summed E-state index contributed by atoms with van der Waals surface area (Å²) in [5, 5.41) is 13.0. The van der Waals surface area contributed by atoms with Crippen LogP contribution in [-0.2, 0) is 10.0 Å². The monoisotopic (exact) mass is 512 g/mol. The van der Waals surface area contributed by atoms with E-state index in [1.807, 2.05) is 18.2 Å². The quantitative estimate of drug-likeness (QED) is 0.233. The van der Waals surface area contributed by atoms with E-state index in [2.05, 4.69) is 28.6 Å². The largest absolute Gasteiger partial charge is 0.267 e. The maximum Gasteiger partial charge on any atom is 0.245 e. The fourth-order valence-electron chi connectivity index (χ4n) is 3.67. The van der Waals surface area contributed by atoms with Gasteiger partial charge in [-0.3, -0.25) is 10.1 Å². The fraction of sp³-hybridized carbons (Fsp3) is 0.120. The lowest BCUT2D eigenvalue weighted by Crippen LogP contribution is -2.37. The highest BCUT2D eigenvalue weighted by atomic mass is 35.5. The molecule has 1 aliphatic carbocycles. The number of benzene rings is 2. The number of allylic oxidation sites excluding steroid dienone is 4. The van der Waals surface area contributed by atoms with Gasteiger partial charge in [-0.25, -0.2) is 13.1 Å². The van der Waals surface area contributed by atoms with Gasteiger partial charge >= 0.3 is 0 Å². The zero-order chi connectivity index (χ0) is 24.3. The van der Waals surface area contributed by atoms with E-state index in [9.17, 15) is 8.42 Å². The average Bonchev–Trinajstić information content (AvgIpc) is 3.27. The fourth-order valence-corrected chi connectivity index (χ4v) is 5.18. The van der Waals surface area contributed by atoms with Gasteiger partial charge in [-0.2, -0.15) is 5.10 Å². The van der Waals surface area contributed by atoms with Crippen LogP contribution >= 0.6 is 23.2 Å². The van der Waals surface area contributed by atoms with Gasteiger partial charge in [0.15, 0.2) is 0 Å². The Morgan fingerprint density at radius 3 is 2.32 bits per heavy atom. The maximum atomic E-state index is 13.1. The SMILES string of the molecule is C=CC(c1ccc(Cl)cc1)S(=O)(=O)NC(=N)n1cc(C2=CCCC=C2)c(-c2ccc(Cl)cc2)n1. The molecule has 1 unspecified atom stereocenters. The highest BCUT2D eigenvalue weighted by Gasteiger charge is 2.27. The van der Waals surface area contributed by atoms with Gasteiger partial charge in [-0.1, -0.05) is 71.8 Å². The third-order valence-corrected chi connectivity index (χ3v) is 7.47. The summed E-state index contributed by atoms with van der Waals surface area (Å²) in [6, 6.07) is 13.7. The van der Waals surface area contributed by atoms with Crippen molar-refractivity contribution in [3.63, 3.8) is 0 Å². The topological polar surface area (TPSA) is 87.8 Å². The molecule has 3 aromatic rings. The van der Waals surface area contributed by atoms with Crippen molar-refractivity contribution < 1.29 is 8.42 Å². The predicted octanol–water partition coefficient (Wildman–Crippen LogP) is 6.22. The van der Waals surface area contributed by atoms with E-state index >= 15 is 0 Å². The summed E-state index contributed by atoms with van der Waals surface area (Å²) in [4.78, 5) is 0. The Morgan fingerprint density at radius 1 is 1.09 bits per heavy atom. The van der Waals surface area contributed by atoms with Crippen LogP contribution in [-0.4, -0.2) is 24.2 Å². The molecule has 1 aromatic heterocycles. The summed E-state index contributed by atoms with van der Waals surface area (Å²) < 4.78 is 29.8. The van der Waals surface area contributed by atoms with Crippen molar-refractivity contribution in [3.8, 4) is 11.3 Å². The van der Waals surface area contributed by atoms with E-state index < -0.39 is 21.2 Å². The van der Waals surface area contributed by atoms with E-state index in [-0.39, 0.29) is 0 Å².